The number of amides is 1. The molecule has 0 saturated carbocycles. The Balaban J connectivity index is 1.62. The van der Waals surface area contributed by atoms with Crippen LogP contribution in [0.5, 0.6) is 0 Å². The number of aromatic nitrogens is 1. The molecule has 168 valence electrons. The molecule has 3 rings (SSSR count). The zero-order valence-corrected chi connectivity index (χ0v) is 18.8. The van der Waals surface area contributed by atoms with E-state index < -0.39 is 16.0 Å². The molecule has 1 aliphatic rings. The van der Waals surface area contributed by atoms with E-state index in [-0.39, 0.29) is 29.6 Å². The number of anilines is 1. The number of benzene rings is 1. The number of aryl methyl sites for hydroxylation is 1. The number of ether oxygens (including phenoxy) is 1. The first-order valence-corrected chi connectivity index (χ1v) is 11.6. The molecule has 0 unspecified atom stereocenters. The number of rotatable bonds is 7. The van der Waals surface area contributed by atoms with Crippen LogP contribution in [0.3, 0.4) is 0 Å². The third-order valence-corrected chi connectivity index (χ3v) is 7.05. The van der Waals surface area contributed by atoms with Gasteiger partial charge >= 0.3 is 5.97 Å². The standard InChI is InChI=1S/C21H28N4O5S/c1-4-30-21(27)19-14-18(15-22(19)2)31(28,29)23(3)16-20(26)25-12-10-24(11-13-25)17-8-6-5-7-9-17/h5-9,14-15H,4,10-13,16H2,1-3H3. The Morgan fingerprint density at radius 1 is 1.10 bits per heavy atom. The molecule has 1 saturated heterocycles. The number of nitrogens with zero attached hydrogens (tertiary/aromatic N) is 4. The predicted molar refractivity (Wildman–Crippen MR) is 116 cm³/mol. The largest absolute Gasteiger partial charge is 0.461 e. The van der Waals surface area contributed by atoms with Gasteiger partial charge in [-0.1, -0.05) is 18.2 Å². The van der Waals surface area contributed by atoms with Crippen molar-refractivity contribution >= 4 is 27.6 Å². The summed E-state index contributed by atoms with van der Waals surface area (Å²) >= 11 is 0. The molecule has 9 nitrogen and oxygen atoms in total. The van der Waals surface area contributed by atoms with Crippen LogP contribution >= 0.6 is 0 Å². The molecule has 1 aliphatic heterocycles. The summed E-state index contributed by atoms with van der Waals surface area (Å²) in [5.74, 6) is -0.846. The minimum absolute atomic E-state index is 0.0535. The Morgan fingerprint density at radius 3 is 2.35 bits per heavy atom. The van der Waals surface area contributed by atoms with Crippen LogP contribution < -0.4 is 4.90 Å². The van der Waals surface area contributed by atoms with E-state index in [9.17, 15) is 18.0 Å². The lowest BCUT2D eigenvalue weighted by Crippen LogP contribution is -2.51. The molecule has 10 heteroatoms. The summed E-state index contributed by atoms with van der Waals surface area (Å²) in [6, 6.07) is 11.2. The van der Waals surface area contributed by atoms with Crippen LogP contribution in [0.4, 0.5) is 5.69 Å². The number of hydrogen-bond acceptors (Lipinski definition) is 6. The molecular formula is C21H28N4O5S. The first-order chi connectivity index (χ1) is 14.7. The molecule has 2 heterocycles. The molecule has 1 aromatic heterocycles. The molecule has 2 aromatic rings. The number of piperazine rings is 1. The Morgan fingerprint density at radius 2 is 1.74 bits per heavy atom. The summed E-state index contributed by atoms with van der Waals surface area (Å²) in [6.07, 6.45) is 1.35. The molecule has 1 aromatic carbocycles. The van der Waals surface area contributed by atoms with E-state index in [4.69, 9.17) is 4.74 Å². The van der Waals surface area contributed by atoms with E-state index in [1.165, 1.54) is 23.9 Å². The van der Waals surface area contributed by atoms with Gasteiger partial charge in [0.15, 0.2) is 0 Å². The van der Waals surface area contributed by atoms with Gasteiger partial charge in [-0.15, -0.1) is 0 Å². The van der Waals surface area contributed by atoms with Crippen LogP contribution in [-0.4, -0.2) is 80.4 Å². The van der Waals surface area contributed by atoms with Gasteiger partial charge in [0.1, 0.15) is 10.6 Å². The highest BCUT2D eigenvalue weighted by Crippen LogP contribution is 2.19. The van der Waals surface area contributed by atoms with E-state index >= 15 is 0 Å². The molecule has 0 N–H and O–H groups in total. The van der Waals surface area contributed by atoms with Crippen LogP contribution in [0, 0.1) is 0 Å². The van der Waals surface area contributed by atoms with Gasteiger partial charge in [0.25, 0.3) is 0 Å². The maximum Gasteiger partial charge on any atom is 0.354 e. The second-order valence-electron chi connectivity index (χ2n) is 7.36. The van der Waals surface area contributed by atoms with Crippen LogP contribution in [0.25, 0.3) is 0 Å². The number of esters is 1. The summed E-state index contributed by atoms with van der Waals surface area (Å²) in [6.45, 7) is 4.04. The summed E-state index contributed by atoms with van der Waals surface area (Å²) in [7, 11) is -0.992. The van der Waals surface area contributed by atoms with Gasteiger partial charge in [-0.3, -0.25) is 4.79 Å². The minimum atomic E-state index is -3.93. The Hall–Kier alpha value is -2.85. The number of para-hydroxylation sites is 1. The van der Waals surface area contributed by atoms with Gasteiger partial charge < -0.3 is 19.1 Å². The summed E-state index contributed by atoms with van der Waals surface area (Å²) in [5, 5.41) is 0. The lowest BCUT2D eigenvalue weighted by atomic mass is 10.2. The second-order valence-corrected chi connectivity index (χ2v) is 9.40. The summed E-state index contributed by atoms with van der Waals surface area (Å²) in [4.78, 5) is 28.5. The lowest BCUT2D eigenvalue weighted by molar-refractivity contribution is -0.131. The van der Waals surface area contributed by atoms with Crippen molar-refractivity contribution in [3.05, 3.63) is 48.3 Å². The van der Waals surface area contributed by atoms with E-state index in [2.05, 4.69) is 4.90 Å². The molecular weight excluding hydrogens is 420 g/mol. The predicted octanol–water partition coefficient (Wildman–Crippen LogP) is 1.17. The molecule has 0 atom stereocenters. The fourth-order valence-electron chi connectivity index (χ4n) is 3.49. The van der Waals surface area contributed by atoms with Crippen LogP contribution in [-0.2, 0) is 26.6 Å². The van der Waals surface area contributed by atoms with Gasteiger partial charge in [-0.2, -0.15) is 4.31 Å². The van der Waals surface area contributed by atoms with E-state index in [1.54, 1.807) is 18.9 Å². The fraction of sp³-hybridized carbons (Fsp3) is 0.429. The molecule has 31 heavy (non-hydrogen) atoms. The second kappa shape index (κ2) is 9.52. The van der Waals surface area contributed by atoms with Gasteiger partial charge in [-0.25, -0.2) is 13.2 Å². The number of hydrogen-bond donors (Lipinski definition) is 0. The zero-order chi connectivity index (χ0) is 22.6. The highest BCUT2D eigenvalue weighted by molar-refractivity contribution is 7.89. The van der Waals surface area contributed by atoms with Gasteiger partial charge in [0.2, 0.25) is 15.9 Å². The van der Waals surface area contributed by atoms with E-state index in [0.29, 0.717) is 26.2 Å². The van der Waals surface area contributed by atoms with Crippen LogP contribution in [0.2, 0.25) is 0 Å². The average Bonchev–Trinajstić information content (AvgIpc) is 3.17. The van der Waals surface area contributed by atoms with Crippen molar-refractivity contribution in [1.29, 1.82) is 0 Å². The first kappa shape index (κ1) is 22.8. The SMILES string of the molecule is CCOC(=O)c1cc(S(=O)(=O)N(C)CC(=O)N2CCN(c3ccccc3)CC2)cn1C. The maximum atomic E-state index is 12.9. The third-order valence-electron chi connectivity index (χ3n) is 5.28. The minimum Gasteiger partial charge on any atom is -0.461 e. The van der Waals surface area contributed by atoms with Crippen molar-refractivity contribution in [2.45, 2.75) is 11.8 Å². The lowest BCUT2D eigenvalue weighted by Gasteiger charge is -2.36. The van der Waals surface area contributed by atoms with Crippen molar-refractivity contribution in [3.63, 3.8) is 0 Å². The van der Waals surface area contributed by atoms with Crippen molar-refractivity contribution in [3.8, 4) is 0 Å². The molecule has 0 bridgehead atoms. The van der Waals surface area contributed by atoms with Crippen molar-refractivity contribution in [2.24, 2.45) is 7.05 Å². The average molecular weight is 449 g/mol. The quantitative estimate of drug-likeness (QED) is 0.591. The fourth-order valence-corrected chi connectivity index (χ4v) is 4.68. The molecule has 0 aliphatic carbocycles. The third kappa shape index (κ3) is 5.08. The van der Waals surface area contributed by atoms with Crippen molar-refractivity contribution in [2.75, 3.05) is 51.3 Å². The first-order valence-electron chi connectivity index (χ1n) is 10.1. The number of sulfonamides is 1. The monoisotopic (exact) mass is 448 g/mol. The van der Waals surface area contributed by atoms with Gasteiger partial charge in [-0.05, 0) is 25.1 Å². The number of likely N-dealkylation sites (N-methyl/N-ethyl adjacent to an activating group) is 1. The Bertz CT molecular complexity index is 1030. The highest BCUT2D eigenvalue weighted by atomic mass is 32.2. The molecule has 1 amide bonds. The van der Waals surface area contributed by atoms with Crippen molar-refractivity contribution in [1.82, 2.24) is 13.8 Å². The topological polar surface area (TPSA) is 92.2 Å². The van der Waals surface area contributed by atoms with Crippen molar-refractivity contribution < 1.29 is 22.7 Å². The van der Waals surface area contributed by atoms with E-state index in [1.807, 2.05) is 30.3 Å². The Labute approximate surface area is 182 Å². The van der Waals surface area contributed by atoms with Gasteiger partial charge in [0, 0.05) is 52.2 Å². The highest BCUT2D eigenvalue weighted by Gasteiger charge is 2.29. The van der Waals surface area contributed by atoms with E-state index in [0.717, 1.165) is 9.99 Å². The summed E-state index contributed by atoms with van der Waals surface area (Å²) < 4.78 is 33.2. The zero-order valence-electron chi connectivity index (χ0n) is 18.0. The smallest absolute Gasteiger partial charge is 0.354 e. The molecule has 0 radical (unpaired) electrons. The normalized spacial score (nSPS) is 14.7. The maximum absolute atomic E-state index is 12.9. The Kier molecular flexibility index (Phi) is 7.01. The molecule has 1 fully saturated rings. The van der Waals surface area contributed by atoms with Crippen LogP contribution in [0.1, 0.15) is 17.4 Å². The summed E-state index contributed by atoms with van der Waals surface area (Å²) in [5.41, 5.74) is 1.24. The number of carbonyl (C=O) groups is 2. The van der Waals surface area contributed by atoms with Gasteiger partial charge in [0.05, 0.1) is 13.2 Å². The van der Waals surface area contributed by atoms with Crippen LogP contribution in [0.15, 0.2) is 47.5 Å². The number of carbonyl (C=O) groups excluding carboxylic acids is 2. The molecule has 0 spiro atoms.